The highest BCUT2D eigenvalue weighted by Crippen LogP contribution is 2.24. The Morgan fingerprint density at radius 3 is 2.75 bits per heavy atom. The lowest BCUT2D eigenvalue weighted by atomic mass is 10.0. The van der Waals surface area contributed by atoms with Gasteiger partial charge in [0.2, 0.25) is 0 Å². The molecule has 0 aliphatic carbocycles. The highest BCUT2D eigenvalue weighted by atomic mass is 14.7. The van der Waals surface area contributed by atoms with Gasteiger partial charge in [0.15, 0.2) is 0 Å². The molecule has 0 fully saturated rings. The Morgan fingerprint density at radius 2 is 2.00 bits per heavy atom. The number of hydrogen-bond acceptors (Lipinski definition) is 1. The van der Waals surface area contributed by atoms with E-state index in [2.05, 4.69) is 50.0 Å². The number of aliphatic imine (C=N–C) groups is 1. The maximum atomic E-state index is 4.55. The van der Waals surface area contributed by atoms with Crippen molar-refractivity contribution < 1.29 is 0 Å². The lowest BCUT2D eigenvalue weighted by Crippen LogP contribution is -1.90. The minimum atomic E-state index is 0.624. The third-order valence-electron chi connectivity index (χ3n) is 3.23. The van der Waals surface area contributed by atoms with Crippen LogP contribution in [-0.2, 0) is 0 Å². The molecular formula is C15H19N. The fourth-order valence-electron chi connectivity index (χ4n) is 1.97. The van der Waals surface area contributed by atoms with E-state index < -0.39 is 0 Å². The quantitative estimate of drug-likeness (QED) is 0.664. The van der Waals surface area contributed by atoms with Crippen molar-refractivity contribution in [3.8, 4) is 0 Å². The Kier molecular flexibility index (Phi) is 3.23. The zero-order valence-electron chi connectivity index (χ0n) is 10.3. The van der Waals surface area contributed by atoms with E-state index in [1.807, 2.05) is 6.21 Å². The van der Waals surface area contributed by atoms with Crippen LogP contribution in [0.1, 0.15) is 36.5 Å². The van der Waals surface area contributed by atoms with Crippen molar-refractivity contribution in [2.75, 3.05) is 0 Å². The monoisotopic (exact) mass is 213 g/mol. The molecule has 1 aliphatic heterocycles. The average Bonchev–Trinajstić information content (AvgIpc) is 2.47. The molecule has 84 valence electrons. The highest BCUT2D eigenvalue weighted by Gasteiger charge is 2.07. The first kappa shape index (κ1) is 11.1. The van der Waals surface area contributed by atoms with Crippen LogP contribution in [-0.4, -0.2) is 6.21 Å². The van der Waals surface area contributed by atoms with E-state index in [1.165, 1.54) is 23.1 Å². The molecule has 1 heteroatoms. The number of nitrogens with zero attached hydrogens (tertiary/aromatic N) is 1. The molecule has 1 aromatic carbocycles. The van der Waals surface area contributed by atoms with Crippen molar-refractivity contribution in [2.24, 2.45) is 10.9 Å². The van der Waals surface area contributed by atoms with Crippen LogP contribution in [0.25, 0.3) is 5.70 Å². The van der Waals surface area contributed by atoms with Gasteiger partial charge in [0, 0.05) is 11.8 Å². The largest absolute Gasteiger partial charge is 0.261 e. The predicted octanol–water partition coefficient (Wildman–Crippen LogP) is 4.15. The van der Waals surface area contributed by atoms with Gasteiger partial charge in [0.1, 0.15) is 0 Å². The van der Waals surface area contributed by atoms with Crippen LogP contribution >= 0.6 is 0 Å². The molecule has 0 radical (unpaired) electrons. The Labute approximate surface area is 97.9 Å². The van der Waals surface area contributed by atoms with Crippen LogP contribution in [0.15, 0.2) is 29.3 Å². The maximum absolute atomic E-state index is 4.55. The van der Waals surface area contributed by atoms with Crippen LogP contribution in [0.2, 0.25) is 0 Å². The van der Waals surface area contributed by atoms with E-state index in [0.29, 0.717) is 5.92 Å². The molecule has 1 atom stereocenters. The first-order valence-corrected chi connectivity index (χ1v) is 5.99. The first-order valence-electron chi connectivity index (χ1n) is 5.99. The number of benzene rings is 1. The second-order valence-corrected chi connectivity index (χ2v) is 4.72. The number of allylic oxidation sites excluding steroid dienone is 1. The SMILES string of the molecule is Cc1ccc(C2=CC(C)CCC=N2)cc1C. The molecule has 0 bridgehead atoms. The van der Waals surface area contributed by atoms with Gasteiger partial charge in [-0.25, -0.2) is 0 Å². The number of aryl methyl sites for hydroxylation is 2. The van der Waals surface area contributed by atoms with E-state index in [4.69, 9.17) is 0 Å². The number of rotatable bonds is 1. The summed E-state index contributed by atoms with van der Waals surface area (Å²) in [7, 11) is 0. The molecule has 1 heterocycles. The smallest absolute Gasteiger partial charge is 0.0660 e. The van der Waals surface area contributed by atoms with Crippen molar-refractivity contribution in [1.82, 2.24) is 0 Å². The molecular weight excluding hydrogens is 194 g/mol. The molecule has 1 aromatic rings. The van der Waals surface area contributed by atoms with Crippen molar-refractivity contribution in [2.45, 2.75) is 33.6 Å². The number of hydrogen-bond donors (Lipinski definition) is 0. The Morgan fingerprint density at radius 1 is 1.19 bits per heavy atom. The molecule has 2 rings (SSSR count). The van der Waals surface area contributed by atoms with Gasteiger partial charge in [0.05, 0.1) is 5.70 Å². The van der Waals surface area contributed by atoms with Gasteiger partial charge in [-0.3, -0.25) is 4.99 Å². The molecule has 1 nitrogen and oxygen atoms in total. The van der Waals surface area contributed by atoms with Gasteiger partial charge in [0.25, 0.3) is 0 Å². The molecule has 16 heavy (non-hydrogen) atoms. The van der Waals surface area contributed by atoms with Gasteiger partial charge in [-0.05, 0) is 49.8 Å². The minimum Gasteiger partial charge on any atom is -0.261 e. The summed E-state index contributed by atoms with van der Waals surface area (Å²) in [6.07, 6.45) is 6.63. The average molecular weight is 213 g/mol. The maximum Gasteiger partial charge on any atom is 0.0660 e. The molecule has 1 unspecified atom stereocenters. The van der Waals surface area contributed by atoms with Crippen LogP contribution < -0.4 is 0 Å². The van der Waals surface area contributed by atoms with Crippen LogP contribution in [0.3, 0.4) is 0 Å². The third-order valence-corrected chi connectivity index (χ3v) is 3.23. The molecule has 0 aromatic heterocycles. The highest BCUT2D eigenvalue weighted by molar-refractivity contribution is 5.75. The van der Waals surface area contributed by atoms with Gasteiger partial charge >= 0.3 is 0 Å². The zero-order chi connectivity index (χ0) is 11.5. The first-order chi connectivity index (χ1) is 7.66. The van der Waals surface area contributed by atoms with Gasteiger partial charge in [-0.1, -0.05) is 25.1 Å². The van der Waals surface area contributed by atoms with Crippen LogP contribution in [0.5, 0.6) is 0 Å². The Balaban J connectivity index is 2.38. The summed E-state index contributed by atoms with van der Waals surface area (Å²) in [5.74, 6) is 0.624. The van der Waals surface area contributed by atoms with E-state index in [1.54, 1.807) is 0 Å². The summed E-state index contributed by atoms with van der Waals surface area (Å²) >= 11 is 0. The van der Waals surface area contributed by atoms with E-state index in [-0.39, 0.29) is 0 Å². The van der Waals surface area contributed by atoms with Gasteiger partial charge < -0.3 is 0 Å². The molecule has 1 aliphatic rings. The summed E-state index contributed by atoms with van der Waals surface area (Å²) in [5.41, 5.74) is 5.06. The Bertz CT molecular complexity index is 441. The summed E-state index contributed by atoms with van der Waals surface area (Å²) < 4.78 is 0. The fourth-order valence-corrected chi connectivity index (χ4v) is 1.97. The Hall–Kier alpha value is -1.37. The summed E-state index contributed by atoms with van der Waals surface area (Å²) in [4.78, 5) is 4.55. The lowest BCUT2D eigenvalue weighted by Gasteiger charge is -2.07. The predicted molar refractivity (Wildman–Crippen MR) is 70.8 cm³/mol. The molecule has 0 spiro atoms. The molecule has 0 saturated carbocycles. The van der Waals surface area contributed by atoms with Crippen molar-refractivity contribution >= 4 is 11.9 Å². The molecule has 0 amide bonds. The summed E-state index contributed by atoms with van der Waals surface area (Å²) in [6, 6.07) is 6.58. The van der Waals surface area contributed by atoms with Crippen molar-refractivity contribution in [3.63, 3.8) is 0 Å². The van der Waals surface area contributed by atoms with E-state index >= 15 is 0 Å². The second kappa shape index (κ2) is 4.65. The van der Waals surface area contributed by atoms with Gasteiger partial charge in [-0.15, -0.1) is 0 Å². The van der Waals surface area contributed by atoms with Crippen molar-refractivity contribution in [3.05, 3.63) is 41.0 Å². The lowest BCUT2D eigenvalue weighted by molar-refractivity contribution is 0.678. The normalized spacial score (nSPS) is 20.4. The van der Waals surface area contributed by atoms with E-state index in [9.17, 15) is 0 Å². The van der Waals surface area contributed by atoms with Gasteiger partial charge in [-0.2, -0.15) is 0 Å². The third kappa shape index (κ3) is 2.41. The standard InChI is InChI=1S/C15H19N/c1-11-5-4-8-16-15(9-11)14-7-6-12(2)13(3)10-14/h6-11H,4-5H2,1-3H3. The second-order valence-electron chi connectivity index (χ2n) is 4.72. The zero-order valence-corrected chi connectivity index (χ0v) is 10.3. The van der Waals surface area contributed by atoms with Crippen LogP contribution in [0, 0.1) is 19.8 Å². The van der Waals surface area contributed by atoms with Crippen molar-refractivity contribution in [1.29, 1.82) is 0 Å². The summed E-state index contributed by atoms with van der Waals surface area (Å²) in [6.45, 7) is 6.56. The molecule has 0 saturated heterocycles. The molecule has 0 N–H and O–H groups in total. The van der Waals surface area contributed by atoms with Crippen LogP contribution in [0.4, 0.5) is 0 Å². The minimum absolute atomic E-state index is 0.624. The fraction of sp³-hybridized carbons (Fsp3) is 0.400. The topological polar surface area (TPSA) is 12.4 Å². The van der Waals surface area contributed by atoms with E-state index in [0.717, 1.165) is 12.1 Å². The summed E-state index contributed by atoms with van der Waals surface area (Å²) in [5, 5.41) is 0.